The van der Waals surface area contributed by atoms with Crippen LogP contribution in [-0.2, 0) is 19.1 Å². The van der Waals surface area contributed by atoms with Gasteiger partial charge in [-0.15, -0.1) is 0 Å². The molecule has 0 bridgehead atoms. The van der Waals surface area contributed by atoms with Crippen LogP contribution >= 0.6 is 0 Å². The average molecular weight is 488 g/mol. The molecule has 0 aromatic heterocycles. The summed E-state index contributed by atoms with van der Waals surface area (Å²) in [5, 5.41) is 23.6. The van der Waals surface area contributed by atoms with E-state index in [0.717, 1.165) is 6.07 Å². The summed E-state index contributed by atoms with van der Waals surface area (Å²) in [5.74, 6) is -1.52. The van der Waals surface area contributed by atoms with Gasteiger partial charge in [-0.1, -0.05) is 60.7 Å². The molecule has 0 spiro atoms. The molecule has 0 heterocycles. The van der Waals surface area contributed by atoms with Crippen molar-refractivity contribution in [2.24, 2.45) is 0 Å². The number of methoxy groups -OCH3 is 2. The predicted molar refractivity (Wildman–Crippen MR) is 132 cm³/mol. The number of nitrogens with zero attached hydrogens (tertiary/aromatic N) is 2. The standard InChI is InChI=1S/C26H20N2O8/c1-35-25(29)21(17-9-5-3-6-10-17)14-19-13-20(24(28(33)34)16-23(19)27(31)32)15-22(26(30)36-2)18-11-7-4-8-12-18/h3-16H,1-2H3. The van der Waals surface area contributed by atoms with Crippen molar-refractivity contribution in [2.45, 2.75) is 0 Å². The Morgan fingerprint density at radius 1 is 0.667 bits per heavy atom. The fourth-order valence-corrected chi connectivity index (χ4v) is 3.45. The summed E-state index contributed by atoms with van der Waals surface area (Å²) in [4.78, 5) is 47.1. The highest BCUT2D eigenvalue weighted by Gasteiger charge is 2.26. The molecule has 10 heteroatoms. The summed E-state index contributed by atoms with van der Waals surface area (Å²) in [6, 6.07) is 18.6. The van der Waals surface area contributed by atoms with Crippen LogP contribution < -0.4 is 0 Å². The van der Waals surface area contributed by atoms with Gasteiger partial charge in [-0.3, -0.25) is 20.2 Å². The van der Waals surface area contributed by atoms with Crippen molar-refractivity contribution in [3.63, 3.8) is 0 Å². The Morgan fingerprint density at radius 3 is 1.33 bits per heavy atom. The van der Waals surface area contributed by atoms with Gasteiger partial charge in [0.15, 0.2) is 0 Å². The van der Waals surface area contributed by atoms with Crippen LogP contribution in [0.4, 0.5) is 11.4 Å². The molecular formula is C26H20N2O8. The number of nitro benzene ring substituents is 2. The lowest BCUT2D eigenvalue weighted by Gasteiger charge is -2.09. The van der Waals surface area contributed by atoms with Crippen LogP contribution in [-0.4, -0.2) is 36.0 Å². The van der Waals surface area contributed by atoms with E-state index in [1.165, 1.54) is 32.4 Å². The Labute approximate surface area is 205 Å². The molecule has 0 saturated carbocycles. The summed E-state index contributed by atoms with van der Waals surface area (Å²) in [6.45, 7) is 0. The van der Waals surface area contributed by atoms with E-state index >= 15 is 0 Å². The predicted octanol–water partition coefficient (Wildman–Crippen LogP) is 4.93. The molecule has 0 radical (unpaired) electrons. The Balaban J connectivity index is 2.35. The molecule has 0 amide bonds. The van der Waals surface area contributed by atoms with Gasteiger partial charge in [0, 0.05) is 0 Å². The number of carbonyl (C=O) groups excluding carboxylic acids is 2. The Bertz CT molecular complexity index is 1280. The van der Waals surface area contributed by atoms with Gasteiger partial charge in [-0.25, -0.2) is 9.59 Å². The van der Waals surface area contributed by atoms with E-state index in [2.05, 4.69) is 0 Å². The lowest BCUT2D eigenvalue weighted by Crippen LogP contribution is -2.06. The number of hydrogen-bond donors (Lipinski definition) is 0. The van der Waals surface area contributed by atoms with E-state index in [0.29, 0.717) is 11.1 Å². The normalized spacial score (nSPS) is 11.5. The van der Waals surface area contributed by atoms with Gasteiger partial charge in [-0.05, 0) is 29.3 Å². The van der Waals surface area contributed by atoms with Gasteiger partial charge in [0.1, 0.15) is 0 Å². The van der Waals surface area contributed by atoms with Crippen LogP contribution in [0, 0.1) is 20.2 Å². The molecule has 0 aliphatic rings. The van der Waals surface area contributed by atoms with Gasteiger partial charge in [0.05, 0.1) is 52.4 Å². The topological polar surface area (TPSA) is 139 Å². The molecule has 3 rings (SSSR count). The highest BCUT2D eigenvalue weighted by molar-refractivity contribution is 6.23. The number of nitro groups is 2. The van der Waals surface area contributed by atoms with Crippen molar-refractivity contribution >= 4 is 46.6 Å². The Hall–Kier alpha value is -5.12. The van der Waals surface area contributed by atoms with Crippen molar-refractivity contribution < 1.29 is 28.9 Å². The molecule has 0 saturated heterocycles. The number of hydrogen-bond acceptors (Lipinski definition) is 8. The molecule has 0 aliphatic heterocycles. The molecule has 182 valence electrons. The van der Waals surface area contributed by atoms with E-state index in [-0.39, 0.29) is 22.3 Å². The van der Waals surface area contributed by atoms with Gasteiger partial charge in [0.25, 0.3) is 11.4 Å². The lowest BCUT2D eigenvalue weighted by atomic mass is 9.97. The number of benzene rings is 3. The van der Waals surface area contributed by atoms with Crippen LogP contribution in [0.1, 0.15) is 22.3 Å². The van der Waals surface area contributed by atoms with E-state index in [1.54, 1.807) is 60.7 Å². The molecule has 0 N–H and O–H groups in total. The second-order valence-corrected chi connectivity index (χ2v) is 7.32. The minimum absolute atomic E-state index is 0.00114. The molecule has 0 aliphatic carbocycles. The first-order valence-corrected chi connectivity index (χ1v) is 10.4. The van der Waals surface area contributed by atoms with E-state index in [9.17, 15) is 29.8 Å². The molecule has 0 unspecified atom stereocenters. The molecular weight excluding hydrogens is 468 g/mol. The number of ether oxygens (including phenoxy) is 2. The Kier molecular flexibility index (Phi) is 8.03. The van der Waals surface area contributed by atoms with Crippen LogP contribution in [0.2, 0.25) is 0 Å². The summed E-state index contributed by atoms with van der Waals surface area (Å²) in [7, 11) is 2.33. The first-order chi connectivity index (χ1) is 17.3. The maximum Gasteiger partial charge on any atom is 0.338 e. The van der Waals surface area contributed by atoms with Gasteiger partial charge in [0.2, 0.25) is 0 Å². The van der Waals surface area contributed by atoms with Crippen LogP contribution in [0.3, 0.4) is 0 Å². The van der Waals surface area contributed by atoms with Crippen molar-refractivity contribution in [1.82, 2.24) is 0 Å². The molecule has 0 fully saturated rings. The third-order valence-corrected chi connectivity index (χ3v) is 5.15. The van der Waals surface area contributed by atoms with Gasteiger partial charge in [-0.2, -0.15) is 0 Å². The quantitative estimate of drug-likeness (QED) is 0.143. The second kappa shape index (κ2) is 11.3. The number of esters is 2. The smallest absolute Gasteiger partial charge is 0.338 e. The monoisotopic (exact) mass is 488 g/mol. The van der Waals surface area contributed by atoms with E-state index in [1.807, 2.05) is 0 Å². The zero-order valence-corrected chi connectivity index (χ0v) is 19.2. The first kappa shape index (κ1) is 25.5. The lowest BCUT2D eigenvalue weighted by molar-refractivity contribution is -0.394. The summed E-state index contributed by atoms with van der Waals surface area (Å²) in [6.07, 6.45) is 2.45. The molecule has 3 aromatic rings. The van der Waals surface area contributed by atoms with Crippen LogP contribution in [0.5, 0.6) is 0 Å². The minimum Gasteiger partial charge on any atom is -0.465 e. The zero-order chi connectivity index (χ0) is 26.2. The zero-order valence-electron chi connectivity index (χ0n) is 19.2. The third-order valence-electron chi connectivity index (χ3n) is 5.15. The van der Waals surface area contributed by atoms with E-state index < -0.39 is 33.2 Å². The highest BCUT2D eigenvalue weighted by atomic mass is 16.6. The summed E-state index contributed by atoms with van der Waals surface area (Å²) < 4.78 is 9.68. The van der Waals surface area contributed by atoms with Crippen LogP contribution in [0.15, 0.2) is 72.8 Å². The van der Waals surface area contributed by atoms with Crippen LogP contribution in [0.25, 0.3) is 23.3 Å². The second-order valence-electron chi connectivity index (χ2n) is 7.32. The van der Waals surface area contributed by atoms with Crippen molar-refractivity contribution in [1.29, 1.82) is 0 Å². The summed E-state index contributed by atoms with van der Waals surface area (Å²) >= 11 is 0. The SMILES string of the molecule is COC(=O)C(=Cc1cc(C=C(C(=O)OC)c2ccccc2)c([N+](=O)[O-])cc1[N+](=O)[O-])c1ccccc1. The van der Waals surface area contributed by atoms with Gasteiger partial charge >= 0.3 is 11.9 Å². The largest absolute Gasteiger partial charge is 0.465 e. The Morgan fingerprint density at radius 2 is 1.03 bits per heavy atom. The number of rotatable bonds is 8. The van der Waals surface area contributed by atoms with E-state index in [4.69, 9.17) is 9.47 Å². The fraction of sp³-hybridized carbons (Fsp3) is 0.0769. The van der Waals surface area contributed by atoms with Crippen molar-refractivity contribution in [2.75, 3.05) is 14.2 Å². The summed E-state index contributed by atoms with van der Waals surface area (Å²) in [5.41, 5.74) is -0.549. The first-order valence-electron chi connectivity index (χ1n) is 10.4. The van der Waals surface area contributed by atoms with Gasteiger partial charge < -0.3 is 9.47 Å². The minimum atomic E-state index is -0.787. The number of carbonyl (C=O) groups is 2. The average Bonchev–Trinajstić information content (AvgIpc) is 2.90. The third kappa shape index (κ3) is 5.68. The maximum atomic E-state index is 12.5. The highest BCUT2D eigenvalue weighted by Crippen LogP contribution is 2.34. The molecule has 0 atom stereocenters. The fourth-order valence-electron chi connectivity index (χ4n) is 3.45. The maximum absolute atomic E-state index is 12.5. The molecule has 3 aromatic carbocycles. The van der Waals surface area contributed by atoms with Crippen molar-refractivity contribution in [3.05, 3.63) is 115 Å². The molecule has 36 heavy (non-hydrogen) atoms. The van der Waals surface area contributed by atoms with Crippen molar-refractivity contribution in [3.8, 4) is 0 Å². The molecule has 10 nitrogen and oxygen atoms in total.